The van der Waals surface area contributed by atoms with E-state index in [1.165, 1.54) is 42.0 Å². The number of unbranched alkanes of at least 4 members (excludes halogenated alkanes) is 2. The van der Waals surface area contributed by atoms with Crippen LogP contribution in [0.5, 0.6) is 5.75 Å². The Balaban J connectivity index is 2.02. The van der Waals surface area contributed by atoms with Crippen molar-refractivity contribution in [2.24, 2.45) is 0 Å². The minimum Gasteiger partial charge on any atom is -0.496 e. The van der Waals surface area contributed by atoms with E-state index in [0.29, 0.717) is 6.04 Å². The summed E-state index contributed by atoms with van der Waals surface area (Å²) in [6.45, 7) is 6.67. The molecular weight excluding hydrogens is 296 g/mol. The van der Waals surface area contributed by atoms with E-state index in [4.69, 9.17) is 4.74 Å². The predicted molar refractivity (Wildman–Crippen MR) is 102 cm³/mol. The second-order valence-electron chi connectivity index (χ2n) is 6.70. The number of benzene rings is 2. The summed E-state index contributed by atoms with van der Waals surface area (Å²) in [7, 11) is 1.80. The topological polar surface area (TPSA) is 24.5 Å². The molecule has 0 aromatic heterocycles. The van der Waals surface area contributed by atoms with Gasteiger partial charge in [0.05, 0.1) is 7.11 Å². The first kappa shape index (κ1) is 17.2. The van der Waals surface area contributed by atoms with Gasteiger partial charge in [-0.3, -0.25) is 4.90 Å². The highest BCUT2D eigenvalue weighted by molar-refractivity contribution is 5.88. The maximum Gasteiger partial charge on any atom is 0.124 e. The molecule has 2 aromatic carbocycles. The number of nitrogens with zero attached hydrogens (tertiary/aromatic N) is 1. The highest BCUT2D eigenvalue weighted by atomic mass is 16.5. The molecule has 24 heavy (non-hydrogen) atoms. The van der Waals surface area contributed by atoms with Crippen molar-refractivity contribution in [3.8, 4) is 5.75 Å². The summed E-state index contributed by atoms with van der Waals surface area (Å²) in [5, 5.41) is 6.13. The molecule has 1 aliphatic rings. The first-order valence-electron chi connectivity index (χ1n) is 9.35. The van der Waals surface area contributed by atoms with Gasteiger partial charge in [-0.05, 0) is 23.3 Å². The van der Waals surface area contributed by atoms with E-state index in [2.05, 4.69) is 53.5 Å². The molecule has 0 amide bonds. The summed E-state index contributed by atoms with van der Waals surface area (Å²) < 4.78 is 5.79. The van der Waals surface area contributed by atoms with E-state index < -0.39 is 0 Å². The smallest absolute Gasteiger partial charge is 0.124 e. The first-order valence-corrected chi connectivity index (χ1v) is 9.35. The van der Waals surface area contributed by atoms with Crippen LogP contribution in [0.2, 0.25) is 0 Å². The lowest BCUT2D eigenvalue weighted by atomic mass is 9.92. The third kappa shape index (κ3) is 3.73. The Hall–Kier alpha value is -1.58. The van der Waals surface area contributed by atoms with Crippen molar-refractivity contribution in [1.29, 1.82) is 0 Å². The quantitative estimate of drug-likeness (QED) is 0.764. The van der Waals surface area contributed by atoms with Crippen LogP contribution in [-0.4, -0.2) is 38.2 Å². The van der Waals surface area contributed by atoms with Crippen LogP contribution in [0.1, 0.15) is 44.2 Å². The second-order valence-corrected chi connectivity index (χ2v) is 6.70. The van der Waals surface area contributed by atoms with E-state index in [9.17, 15) is 0 Å². The van der Waals surface area contributed by atoms with Crippen LogP contribution in [-0.2, 0) is 0 Å². The zero-order valence-corrected chi connectivity index (χ0v) is 15.1. The number of rotatable bonds is 7. The minimum atomic E-state index is 0.444. The molecule has 1 atom stereocenters. The molecule has 2 aromatic rings. The molecule has 0 bridgehead atoms. The van der Waals surface area contributed by atoms with Gasteiger partial charge in [0.15, 0.2) is 0 Å². The SMILES string of the molecule is CCCCC[C@H](c1c(OC)ccc2ccccc12)N1CCNCC1. The normalized spacial score (nSPS) is 17.1. The van der Waals surface area contributed by atoms with Gasteiger partial charge in [0.2, 0.25) is 0 Å². The Morgan fingerprint density at radius 2 is 1.88 bits per heavy atom. The molecule has 3 heteroatoms. The molecule has 0 saturated carbocycles. The van der Waals surface area contributed by atoms with E-state index in [1.54, 1.807) is 7.11 Å². The number of fused-ring (bicyclic) bond motifs is 1. The molecule has 1 aliphatic heterocycles. The lowest BCUT2D eigenvalue weighted by Gasteiger charge is -2.36. The maximum absolute atomic E-state index is 5.79. The molecule has 130 valence electrons. The molecule has 3 nitrogen and oxygen atoms in total. The average molecular weight is 326 g/mol. The van der Waals surface area contributed by atoms with Crippen molar-refractivity contribution in [1.82, 2.24) is 10.2 Å². The van der Waals surface area contributed by atoms with Crippen LogP contribution in [0.3, 0.4) is 0 Å². The van der Waals surface area contributed by atoms with Gasteiger partial charge in [-0.2, -0.15) is 0 Å². The molecule has 3 rings (SSSR count). The van der Waals surface area contributed by atoms with Gasteiger partial charge in [0, 0.05) is 37.8 Å². The molecule has 0 unspecified atom stereocenters. The van der Waals surface area contributed by atoms with Crippen molar-refractivity contribution < 1.29 is 4.74 Å². The zero-order valence-electron chi connectivity index (χ0n) is 15.1. The summed E-state index contributed by atoms with van der Waals surface area (Å²) in [5.74, 6) is 1.04. The Morgan fingerprint density at radius 1 is 1.08 bits per heavy atom. The number of hydrogen-bond donors (Lipinski definition) is 1. The molecule has 0 aliphatic carbocycles. The van der Waals surface area contributed by atoms with E-state index in [0.717, 1.165) is 31.9 Å². The summed E-state index contributed by atoms with van der Waals surface area (Å²) in [6, 6.07) is 13.5. The highest BCUT2D eigenvalue weighted by Gasteiger charge is 2.26. The van der Waals surface area contributed by atoms with Crippen molar-refractivity contribution >= 4 is 10.8 Å². The van der Waals surface area contributed by atoms with E-state index in [-0.39, 0.29) is 0 Å². The van der Waals surface area contributed by atoms with Gasteiger partial charge >= 0.3 is 0 Å². The standard InChI is InChI=1S/C21H30N2O/c1-3-4-5-10-19(23-15-13-22-14-16-23)21-18-9-7-6-8-17(18)11-12-20(21)24-2/h6-9,11-12,19,22H,3-5,10,13-16H2,1-2H3/t19-/m1/s1. The molecule has 1 fully saturated rings. The van der Waals surface area contributed by atoms with Crippen LogP contribution in [0, 0.1) is 0 Å². The van der Waals surface area contributed by atoms with Gasteiger partial charge in [-0.25, -0.2) is 0 Å². The first-order chi connectivity index (χ1) is 11.8. The third-order valence-electron chi connectivity index (χ3n) is 5.16. The number of methoxy groups -OCH3 is 1. The van der Waals surface area contributed by atoms with Crippen LogP contribution >= 0.6 is 0 Å². The van der Waals surface area contributed by atoms with Crippen molar-refractivity contribution in [2.75, 3.05) is 33.3 Å². The molecular formula is C21H30N2O. The minimum absolute atomic E-state index is 0.444. The number of ether oxygens (including phenoxy) is 1. The Kier molecular flexibility index (Phi) is 6.11. The van der Waals surface area contributed by atoms with E-state index >= 15 is 0 Å². The third-order valence-corrected chi connectivity index (χ3v) is 5.16. The number of nitrogens with one attached hydrogen (secondary N) is 1. The Morgan fingerprint density at radius 3 is 2.62 bits per heavy atom. The largest absolute Gasteiger partial charge is 0.496 e. The van der Waals surface area contributed by atoms with Crippen LogP contribution in [0.15, 0.2) is 36.4 Å². The van der Waals surface area contributed by atoms with Crippen LogP contribution in [0.4, 0.5) is 0 Å². The second kappa shape index (κ2) is 8.50. The van der Waals surface area contributed by atoms with E-state index in [1.807, 2.05) is 0 Å². The molecule has 1 saturated heterocycles. The predicted octanol–water partition coefficient (Wildman–Crippen LogP) is 4.38. The lowest BCUT2D eigenvalue weighted by molar-refractivity contribution is 0.161. The lowest BCUT2D eigenvalue weighted by Crippen LogP contribution is -2.45. The number of hydrogen-bond acceptors (Lipinski definition) is 3. The fourth-order valence-electron chi connectivity index (χ4n) is 3.89. The summed E-state index contributed by atoms with van der Waals surface area (Å²) in [5.41, 5.74) is 1.38. The number of piperazine rings is 1. The zero-order chi connectivity index (χ0) is 16.8. The Labute approximate surface area is 146 Å². The van der Waals surface area contributed by atoms with Crippen molar-refractivity contribution in [2.45, 2.75) is 38.6 Å². The maximum atomic E-state index is 5.79. The summed E-state index contributed by atoms with van der Waals surface area (Å²) >= 11 is 0. The van der Waals surface area contributed by atoms with Crippen LogP contribution < -0.4 is 10.1 Å². The van der Waals surface area contributed by atoms with Gasteiger partial charge in [-0.15, -0.1) is 0 Å². The van der Waals surface area contributed by atoms with Crippen molar-refractivity contribution in [3.05, 3.63) is 42.0 Å². The fourth-order valence-corrected chi connectivity index (χ4v) is 3.89. The molecule has 1 heterocycles. The van der Waals surface area contributed by atoms with Gasteiger partial charge in [0.25, 0.3) is 0 Å². The van der Waals surface area contributed by atoms with Crippen molar-refractivity contribution in [3.63, 3.8) is 0 Å². The molecule has 0 spiro atoms. The summed E-state index contributed by atoms with van der Waals surface area (Å²) in [4.78, 5) is 2.65. The monoisotopic (exact) mass is 326 g/mol. The fraction of sp³-hybridized carbons (Fsp3) is 0.524. The van der Waals surface area contributed by atoms with Gasteiger partial charge < -0.3 is 10.1 Å². The van der Waals surface area contributed by atoms with Gasteiger partial charge in [0.1, 0.15) is 5.75 Å². The van der Waals surface area contributed by atoms with Gasteiger partial charge in [-0.1, -0.05) is 56.5 Å². The highest BCUT2D eigenvalue weighted by Crippen LogP contribution is 2.38. The van der Waals surface area contributed by atoms with Crippen LogP contribution in [0.25, 0.3) is 10.8 Å². The molecule has 1 N–H and O–H groups in total. The summed E-state index contributed by atoms with van der Waals surface area (Å²) in [6.07, 6.45) is 5.05. The molecule has 0 radical (unpaired) electrons. The average Bonchev–Trinajstić information content (AvgIpc) is 2.65. The Bertz CT molecular complexity index is 649.